The van der Waals surface area contributed by atoms with Crippen LogP contribution in [0.1, 0.15) is 24.0 Å². The van der Waals surface area contributed by atoms with Gasteiger partial charge in [0.15, 0.2) is 0 Å². The zero-order valence-electron chi connectivity index (χ0n) is 12.1. The van der Waals surface area contributed by atoms with Crippen LogP contribution in [-0.4, -0.2) is 6.04 Å². The highest BCUT2D eigenvalue weighted by molar-refractivity contribution is 14.1. The smallest absolute Gasteiger partial charge is 0.0478 e. The van der Waals surface area contributed by atoms with Crippen molar-refractivity contribution >= 4 is 28.3 Å². The summed E-state index contributed by atoms with van der Waals surface area (Å²) in [6.45, 7) is 0. The largest absolute Gasteiger partial charge is 0.381 e. The molecule has 1 fully saturated rings. The van der Waals surface area contributed by atoms with Gasteiger partial charge in [-0.15, -0.1) is 0 Å². The number of nitrogens with one attached hydrogen (secondary N) is 1. The maximum atomic E-state index is 3.88. The predicted octanol–water partition coefficient (Wildman–Crippen LogP) is 4.90. The topological polar surface area (TPSA) is 12.0 Å². The first-order chi connectivity index (χ1) is 10.3. The number of rotatable bonds is 2. The van der Waals surface area contributed by atoms with Crippen LogP contribution in [0.4, 0.5) is 5.69 Å². The van der Waals surface area contributed by atoms with E-state index in [1.54, 1.807) is 11.1 Å². The average molecular weight is 389 g/mol. The fourth-order valence-corrected chi connectivity index (χ4v) is 4.69. The van der Waals surface area contributed by atoms with Crippen LogP contribution in [0.5, 0.6) is 0 Å². The molecular weight excluding hydrogens is 369 g/mol. The molecule has 0 amide bonds. The first-order valence-corrected chi connectivity index (χ1v) is 8.97. The van der Waals surface area contributed by atoms with Crippen molar-refractivity contribution in [1.82, 2.24) is 0 Å². The second kappa shape index (κ2) is 5.64. The van der Waals surface area contributed by atoms with Gasteiger partial charge >= 0.3 is 0 Å². The number of halogens is 1. The minimum absolute atomic E-state index is 0.633. The Morgan fingerprint density at radius 2 is 1.38 bits per heavy atom. The number of anilines is 1. The second-order valence-electron chi connectivity index (χ2n) is 6.42. The molecule has 0 heterocycles. The Labute approximate surface area is 140 Å². The molecule has 4 rings (SSSR count). The summed E-state index contributed by atoms with van der Waals surface area (Å²) in [5, 5.41) is 3.88. The summed E-state index contributed by atoms with van der Waals surface area (Å²) in [7, 11) is 0. The van der Waals surface area contributed by atoms with Crippen LogP contribution in [0.3, 0.4) is 0 Å². The van der Waals surface area contributed by atoms with E-state index in [0.717, 1.165) is 11.8 Å². The summed E-state index contributed by atoms with van der Waals surface area (Å²) < 4.78 is 1.33. The van der Waals surface area contributed by atoms with Crippen LogP contribution < -0.4 is 5.32 Å². The molecule has 1 nitrogen and oxygen atoms in total. The minimum Gasteiger partial charge on any atom is -0.381 e. The van der Waals surface area contributed by atoms with E-state index >= 15 is 0 Å². The van der Waals surface area contributed by atoms with Crippen LogP contribution in [0.2, 0.25) is 0 Å². The molecule has 0 saturated heterocycles. The van der Waals surface area contributed by atoms with Crippen molar-refractivity contribution in [3.8, 4) is 0 Å². The lowest BCUT2D eigenvalue weighted by atomic mass is 9.94. The summed E-state index contributed by atoms with van der Waals surface area (Å²) in [4.78, 5) is 0. The first kappa shape index (κ1) is 13.6. The Bertz CT molecular complexity index is 619. The molecule has 0 aromatic heterocycles. The Balaban J connectivity index is 1.62. The summed E-state index contributed by atoms with van der Waals surface area (Å²) >= 11 is 2.44. The quantitative estimate of drug-likeness (QED) is 0.721. The fourth-order valence-electron chi connectivity index (χ4n) is 4.14. The molecule has 2 aliphatic carbocycles. The fraction of sp³-hybridized carbons (Fsp3) is 0.368. The number of hydrogen-bond donors (Lipinski definition) is 1. The molecule has 21 heavy (non-hydrogen) atoms. The molecule has 2 aromatic carbocycles. The predicted molar refractivity (Wildman–Crippen MR) is 96.6 cm³/mol. The third-order valence-electron chi connectivity index (χ3n) is 5.20. The van der Waals surface area contributed by atoms with Crippen LogP contribution in [0.15, 0.2) is 48.5 Å². The molecule has 2 aromatic rings. The van der Waals surface area contributed by atoms with Gasteiger partial charge in [-0.3, -0.25) is 0 Å². The molecule has 1 saturated carbocycles. The normalized spacial score (nSPS) is 27.0. The van der Waals surface area contributed by atoms with Gasteiger partial charge in [0.2, 0.25) is 0 Å². The average Bonchev–Trinajstić information content (AvgIpc) is 2.76. The van der Waals surface area contributed by atoms with Crippen molar-refractivity contribution in [2.24, 2.45) is 11.8 Å². The van der Waals surface area contributed by atoms with E-state index in [1.165, 1.54) is 34.9 Å². The van der Waals surface area contributed by atoms with Gasteiger partial charge in [0.25, 0.3) is 0 Å². The van der Waals surface area contributed by atoms with Crippen LogP contribution >= 0.6 is 22.6 Å². The lowest BCUT2D eigenvalue weighted by Gasteiger charge is -2.25. The zero-order valence-corrected chi connectivity index (χ0v) is 14.2. The Morgan fingerprint density at radius 3 is 2.00 bits per heavy atom. The van der Waals surface area contributed by atoms with Crippen molar-refractivity contribution in [3.05, 3.63) is 63.2 Å². The minimum atomic E-state index is 0.633. The van der Waals surface area contributed by atoms with Crippen molar-refractivity contribution < 1.29 is 0 Å². The van der Waals surface area contributed by atoms with E-state index < -0.39 is 0 Å². The number of hydrogen-bond acceptors (Lipinski definition) is 1. The Hall–Kier alpha value is -1.03. The summed E-state index contributed by atoms with van der Waals surface area (Å²) in [5.74, 6) is 1.57. The third-order valence-corrected chi connectivity index (χ3v) is 6.14. The van der Waals surface area contributed by atoms with Crippen molar-refractivity contribution in [2.75, 3.05) is 5.32 Å². The number of fused-ring (bicyclic) bond motifs is 3. The second-order valence-corrected chi connectivity index (χ2v) is 7.59. The lowest BCUT2D eigenvalue weighted by molar-refractivity contribution is 0.449. The highest BCUT2D eigenvalue weighted by Crippen LogP contribution is 2.41. The van der Waals surface area contributed by atoms with Gasteiger partial charge in [0, 0.05) is 15.3 Å². The zero-order chi connectivity index (χ0) is 14.2. The monoisotopic (exact) mass is 389 g/mol. The molecule has 2 unspecified atom stereocenters. The van der Waals surface area contributed by atoms with E-state index in [2.05, 4.69) is 76.4 Å². The molecular formula is C19H20IN. The standard InChI is InChI=1S/C19H20IN/c20-17-7-3-4-8-18(17)21-19-15-9-10-16(19)12-14-6-2-1-5-13(14)11-15/h1-8,15-16,19,21H,9-12H2. The summed E-state index contributed by atoms with van der Waals surface area (Å²) in [6, 6.07) is 18.4. The van der Waals surface area contributed by atoms with E-state index in [1.807, 2.05) is 0 Å². The van der Waals surface area contributed by atoms with Crippen LogP contribution in [0, 0.1) is 15.4 Å². The van der Waals surface area contributed by atoms with Gasteiger partial charge in [-0.25, -0.2) is 0 Å². The molecule has 1 N–H and O–H groups in total. The van der Waals surface area contributed by atoms with Gasteiger partial charge in [0.1, 0.15) is 0 Å². The molecule has 2 bridgehead atoms. The van der Waals surface area contributed by atoms with Gasteiger partial charge in [-0.05, 0) is 83.4 Å². The van der Waals surface area contributed by atoms with Crippen LogP contribution in [0.25, 0.3) is 0 Å². The van der Waals surface area contributed by atoms with Gasteiger partial charge < -0.3 is 5.32 Å². The molecule has 108 valence electrons. The van der Waals surface area contributed by atoms with Crippen molar-refractivity contribution in [1.29, 1.82) is 0 Å². The first-order valence-electron chi connectivity index (χ1n) is 7.89. The highest BCUT2D eigenvalue weighted by Gasteiger charge is 2.38. The molecule has 0 aliphatic heterocycles. The van der Waals surface area contributed by atoms with Crippen LogP contribution in [-0.2, 0) is 12.8 Å². The van der Waals surface area contributed by atoms with Crippen molar-refractivity contribution in [2.45, 2.75) is 31.7 Å². The Morgan fingerprint density at radius 1 is 0.810 bits per heavy atom. The number of para-hydroxylation sites is 1. The molecule has 0 radical (unpaired) electrons. The molecule has 2 aliphatic rings. The van der Waals surface area contributed by atoms with E-state index in [0.29, 0.717) is 6.04 Å². The maximum Gasteiger partial charge on any atom is 0.0478 e. The maximum absolute atomic E-state index is 3.88. The van der Waals surface area contributed by atoms with E-state index in [9.17, 15) is 0 Å². The molecule has 0 spiro atoms. The lowest BCUT2D eigenvalue weighted by Crippen LogP contribution is -2.31. The third kappa shape index (κ3) is 2.59. The number of benzene rings is 2. The molecule has 2 heteroatoms. The summed E-state index contributed by atoms with van der Waals surface area (Å²) in [6.07, 6.45) is 5.24. The van der Waals surface area contributed by atoms with Gasteiger partial charge in [-0.2, -0.15) is 0 Å². The highest BCUT2D eigenvalue weighted by atomic mass is 127. The molecule has 2 atom stereocenters. The Kier molecular flexibility index (Phi) is 3.66. The van der Waals surface area contributed by atoms with E-state index in [-0.39, 0.29) is 0 Å². The van der Waals surface area contributed by atoms with Gasteiger partial charge in [-0.1, -0.05) is 36.4 Å². The summed E-state index contributed by atoms with van der Waals surface area (Å²) in [5.41, 5.74) is 4.48. The van der Waals surface area contributed by atoms with E-state index in [4.69, 9.17) is 0 Å². The SMILES string of the molecule is Ic1ccccc1NC1C2CCC1Cc1ccccc1C2. The van der Waals surface area contributed by atoms with Crippen molar-refractivity contribution in [3.63, 3.8) is 0 Å². The van der Waals surface area contributed by atoms with Gasteiger partial charge in [0.05, 0.1) is 0 Å².